The molecular formula is C19H30N2. The van der Waals surface area contributed by atoms with E-state index in [1.807, 2.05) is 0 Å². The number of nitrogens with two attached hydrogens (primary N) is 1. The summed E-state index contributed by atoms with van der Waals surface area (Å²) < 4.78 is 0. The van der Waals surface area contributed by atoms with Crippen molar-refractivity contribution < 1.29 is 0 Å². The molecule has 2 nitrogen and oxygen atoms in total. The first-order valence-electron chi connectivity index (χ1n) is 8.69. The van der Waals surface area contributed by atoms with Crippen molar-refractivity contribution in [1.29, 1.82) is 0 Å². The summed E-state index contributed by atoms with van der Waals surface area (Å²) in [7, 11) is 0. The Morgan fingerprint density at radius 1 is 1.10 bits per heavy atom. The van der Waals surface area contributed by atoms with Crippen LogP contribution in [0.1, 0.15) is 55.2 Å². The SMILES string of the molecule is Cc1ccc(C)c(CC(N)C2(N3CCCC3)CCCC2)c1. The van der Waals surface area contributed by atoms with Crippen molar-refractivity contribution in [3.05, 3.63) is 34.9 Å². The Labute approximate surface area is 129 Å². The molecule has 0 amide bonds. The van der Waals surface area contributed by atoms with Crippen LogP contribution in [0, 0.1) is 13.8 Å². The van der Waals surface area contributed by atoms with Gasteiger partial charge < -0.3 is 5.73 Å². The standard InChI is InChI=1S/C19H30N2/c1-15-7-8-16(2)17(13-15)14-18(20)19(9-3-4-10-19)21-11-5-6-12-21/h7-8,13,18H,3-6,9-12,14,20H2,1-2H3. The minimum absolute atomic E-state index is 0.276. The van der Waals surface area contributed by atoms with Gasteiger partial charge in [0.2, 0.25) is 0 Å². The minimum Gasteiger partial charge on any atom is -0.326 e. The van der Waals surface area contributed by atoms with Crippen molar-refractivity contribution >= 4 is 0 Å². The predicted molar refractivity (Wildman–Crippen MR) is 89.6 cm³/mol. The zero-order chi connectivity index (χ0) is 14.9. The van der Waals surface area contributed by atoms with Gasteiger partial charge in [-0.15, -0.1) is 0 Å². The molecule has 1 heterocycles. The summed E-state index contributed by atoms with van der Waals surface area (Å²) in [6, 6.07) is 7.06. The first kappa shape index (κ1) is 15.1. The Hall–Kier alpha value is -0.860. The van der Waals surface area contributed by atoms with Crippen molar-refractivity contribution in [1.82, 2.24) is 4.90 Å². The quantitative estimate of drug-likeness (QED) is 0.916. The molecule has 1 aliphatic carbocycles. The Morgan fingerprint density at radius 2 is 1.76 bits per heavy atom. The topological polar surface area (TPSA) is 29.3 Å². The smallest absolute Gasteiger partial charge is 0.0363 e. The largest absolute Gasteiger partial charge is 0.326 e. The van der Waals surface area contributed by atoms with Gasteiger partial charge in [0.25, 0.3) is 0 Å². The van der Waals surface area contributed by atoms with Crippen LogP contribution in [0.25, 0.3) is 0 Å². The first-order valence-corrected chi connectivity index (χ1v) is 8.69. The van der Waals surface area contributed by atoms with Gasteiger partial charge in [-0.3, -0.25) is 4.90 Å². The van der Waals surface area contributed by atoms with E-state index >= 15 is 0 Å². The van der Waals surface area contributed by atoms with E-state index in [4.69, 9.17) is 5.73 Å². The highest BCUT2D eigenvalue weighted by atomic mass is 15.2. The molecule has 116 valence electrons. The lowest BCUT2D eigenvalue weighted by Crippen LogP contribution is -2.58. The fourth-order valence-electron chi connectivity index (χ4n) is 4.52. The number of likely N-dealkylation sites (tertiary alicyclic amines) is 1. The van der Waals surface area contributed by atoms with Crippen LogP contribution in [-0.2, 0) is 6.42 Å². The summed E-state index contributed by atoms with van der Waals surface area (Å²) in [6.45, 7) is 6.93. The van der Waals surface area contributed by atoms with E-state index in [2.05, 4.69) is 36.9 Å². The summed E-state index contributed by atoms with van der Waals surface area (Å²) in [5, 5.41) is 0. The summed E-state index contributed by atoms with van der Waals surface area (Å²) in [4.78, 5) is 2.73. The molecule has 0 bridgehead atoms. The Morgan fingerprint density at radius 3 is 2.43 bits per heavy atom. The van der Waals surface area contributed by atoms with Gasteiger partial charge in [0.05, 0.1) is 0 Å². The number of rotatable bonds is 4. The molecule has 2 N–H and O–H groups in total. The molecule has 0 spiro atoms. The number of benzene rings is 1. The first-order chi connectivity index (χ1) is 10.1. The lowest BCUT2D eigenvalue weighted by molar-refractivity contribution is 0.0921. The monoisotopic (exact) mass is 286 g/mol. The average molecular weight is 286 g/mol. The van der Waals surface area contributed by atoms with Gasteiger partial charge in [-0.2, -0.15) is 0 Å². The van der Waals surface area contributed by atoms with Gasteiger partial charge in [-0.05, 0) is 70.2 Å². The highest BCUT2D eigenvalue weighted by Crippen LogP contribution is 2.40. The Balaban J connectivity index is 1.81. The predicted octanol–water partition coefficient (Wildman–Crippen LogP) is 3.58. The molecule has 2 heteroatoms. The molecule has 1 atom stereocenters. The summed E-state index contributed by atoms with van der Waals surface area (Å²) >= 11 is 0. The van der Waals surface area contributed by atoms with Crippen LogP contribution in [0.5, 0.6) is 0 Å². The second-order valence-corrected chi connectivity index (χ2v) is 7.25. The van der Waals surface area contributed by atoms with Crippen LogP contribution in [-0.4, -0.2) is 29.6 Å². The summed E-state index contributed by atoms with van der Waals surface area (Å²) in [5.41, 5.74) is 11.3. The number of aryl methyl sites for hydroxylation is 2. The molecule has 2 fully saturated rings. The molecular weight excluding hydrogens is 256 g/mol. The number of nitrogens with zero attached hydrogens (tertiary/aromatic N) is 1. The average Bonchev–Trinajstić information content (AvgIpc) is 3.13. The maximum atomic E-state index is 6.80. The molecule has 1 aromatic carbocycles. The molecule has 0 radical (unpaired) electrons. The minimum atomic E-state index is 0.276. The van der Waals surface area contributed by atoms with Crippen molar-refractivity contribution in [3.8, 4) is 0 Å². The third-order valence-electron chi connectivity index (χ3n) is 5.84. The van der Waals surface area contributed by atoms with E-state index in [-0.39, 0.29) is 11.6 Å². The molecule has 2 aliphatic rings. The van der Waals surface area contributed by atoms with E-state index < -0.39 is 0 Å². The molecule has 3 rings (SSSR count). The zero-order valence-corrected chi connectivity index (χ0v) is 13.7. The van der Waals surface area contributed by atoms with Gasteiger partial charge in [0.1, 0.15) is 0 Å². The lowest BCUT2D eigenvalue weighted by Gasteiger charge is -2.44. The normalized spacial score (nSPS) is 23.6. The molecule has 1 saturated heterocycles. The van der Waals surface area contributed by atoms with Gasteiger partial charge >= 0.3 is 0 Å². The summed E-state index contributed by atoms with van der Waals surface area (Å²) in [6.07, 6.45) is 9.08. The van der Waals surface area contributed by atoms with Crippen LogP contribution in [0.2, 0.25) is 0 Å². The Kier molecular flexibility index (Phi) is 4.37. The van der Waals surface area contributed by atoms with Crippen LogP contribution in [0.15, 0.2) is 18.2 Å². The summed E-state index contributed by atoms with van der Waals surface area (Å²) in [5.74, 6) is 0. The van der Waals surface area contributed by atoms with Gasteiger partial charge in [0.15, 0.2) is 0 Å². The lowest BCUT2D eigenvalue weighted by atomic mass is 9.82. The second kappa shape index (κ2) is 6.10. The fraction of sp³-hybridized carbons (Fsp3) is 0.684. The molecule has 1 saturated carbocycles. The number of hydrogen-bond donors (Lipinski definition) is 1. The highest BCUT2D eigenvalue weighted by Gasteiger charge is 2.45. The van der Waals surface area contributed by atoms with Crippen molar-refractivity contribution in [2.75, 3.05) is 13.1 Å². The van der Waals surface area contributed by atoms with Crippen LogP contribution in [0.3, 0.4) is 0 Å². The van der Waals surface area contributed by atoms with Crippen molar-refractivity contribution in [2.45, 2.75) is 70.4 Å². The molecule has 1 unspecified atom stereocenters. The van der Waals surface area contributed by atoms with Crippen LogP contribution >= 0.6 is 0 Å². The molecule has 1 aromatic rings. The van der Waals surface area contributed by atoms with Crippen LogP contribution in [0.4, 0.5) is 0 Å². The zero-order valence-electron chi connectivity index (χ0n) is 13.7. The fourth-order valence-corrected chi connectivity index (χ4v) is 4.52. The number of hydrogen-bond acceptors (Lipinski definition) is 2. The third-order valence-corrected chi connectivity index (χ3v) is 5.84. The van der Waals surface area contributed by atoms with Gasteiger partial charge in [-0.1, -0.05) is 36.6 Å². The maximum Gasteiger partial charge on any atom is 0.0363 e. The van der Waals surface area contributed by atoms with E-state index in [1.54, 1.807) is 0 Å². The van der Waals surface area contributed by atoms with E-state index in [0.717, 1.165) is 6.42 Å². The van der Waals surface area contributed by atoms with Crippen molar-refractivity contribution in [2.24, 2.45) is 5.73 Å². The molecule has 0 aromatic heterocycles. The van der Waals surface area contributed by atoms with Gasteiger partial charge in [-0.25, -0.2) is 0 Å². The maximum absolute atomic E-state index is 6.80. The van der Waals surface area contributed by atoms with Crippen LogP contribution < -0.4 is 5.73 Å². The molecule has 1 aliphatic heterocycles. The highest BCUT2D eigenvalue weighted by molar-refractivity contribution is 5.31. The van der Waals surface area contributed by atoms with E-state index in [1.165, 1.54) is 68.3 Å². The Bertz CT molecular complexity index is 482. The van der Waals surface area contributed by atoms with E-state index in [0.29, 0.717) is 0 Å². The van der Waals surface area contributed by atoms with Gasteiger partial charge in [0, 0.05) is 11.6 Å². The third kappa shape index (κ3) is 2.89. The van der Waals surface area contributed by atoms with Crippen molar-refractivity contribution in [3.63, 3.8) is 0 Å². The second-order valence-electron chi connectivity index (χ2n) is 7.25. The van der Waals surface area contributed by atoms with E-state index in [9.17, 15) is 0 Å². The molecule has 21 heavy (non-hydrogen) atoms.